The van der Waals surface area contributed by atoms with Crippen LogP contribution >= 0.6 is 0 Å². The van der Waals surface area contributed by atoms with Crippen molar-refractivity contribution in [1.82, 2.24) is 0 Å². The molecule has 17 heteroatoms. The molecule has 0 bridgehead atoms. The molecule has 0 saturated heterocycles. The van der Waals surface area contributed by atoms with Gasteiger partial charge in [0.15, 0.2) is 0 Å². The molecule has 0 aliphatic carbocycles. The van der Waals surface area contributed by atoms with Crippen LogP contribution in [0.1, 0.15) is 32.6 Å². The summed E-state index contributed by atoms with van der Waals surface area (Å²) >= 11 is 0. The maximum absolute atomic E-state index is 14.3. The van der Waals surface area contributed by atoms with Crippen LogP contribution in [0.4, 0.5) is 74.6 Å². The number of allylic oxidation sites excluding steroid dienone is 2. The molecule has 0 N–H and O–H groups in total. The highest BCUT2D eigenvalue weighted by molar-refractivity contribution is 5.42. The first-order valence-electron chi connectivity index (χ1n) is 7.77. The van der Waals surface area contributed by atoms with E-state index < -0.39 is 72.6 Å². The molecule has 0 amide bonds. The van der Waals surface area contributed by atoms with Crippen LogP contribution in [0.15, 0.2) is 11.1 Å². The fraction of sp³-hybridized carbons (Fsp3) is 0.857. The van der Waals surface area contributed by atoms with Crippen LogP contribution in [0.2, 0.25) is 0 Å². The van der Waals surface area contributed by atoms with Gasteiger partial charge in [-0.05, 0) is 12.8 Å². The maximum atomic E-state index is 14.3. The van der Waals surface area contributed by atoms with Crippen LogP contribution < -0.4 is 0 Å². The van der Waals surface area contributed by atoms with Crippen LogP contribution in [-0.2, 0) is 0 Å². The summed E-state index contributed by atoms with van der Waals surface area (Å²) in [5, 5.41) is 0. The predicted octanol–water partition coefficient (Wildman–Crippen LogP) is 8.09. The molecule has 0 aromatic heterocycles. The lowest BCUT2D eigenvalue weighted by atomic mass is 9.76. The minimum Gasteiger partial charge on any atom is -0.218 e. The zero-order chi connectivity index (χ0) is 25.5. The molecule has 0 aromatic carbocycles. The number of hydrogen-bond acceptors (Lipinski definition) is 0. The summed E-state index contributed by atoms with van der Waals surface area (Å²) in [4.78, 5) is 0. The van der Waals surface area contributed by atoms with Gasteiger partial charge in [-0.1, -0.05) is 19.8 Å². The van der Waals surface area contributed by atoms with Crippen molar-refractivity contribution in [3.63, 3.8) is 0 Å². The molecular formula is C14H11F17. The monoisotopic (exact) mass is 502 g/mol. The van der Waals surface area contributed by atoms with E-state index in [1.54, 1.807) is 0 Å². The molecule has 0 aliphatic rings. The molecule has 0 radical (unpaired) electrons. The van der Waals surface area contributed by atoms with E-state index in [2.05, 4.69) is 0 Å². The van der Waals surface area contributed by atoms with Crippen LogP contribution in [0.5, 0.6) is 0 Å². The van der Waals surface area contributed by atoms with Crippen LogP contribution in [0.3, 0.4) is 0 Å². The van der Waals surface area contributed by atoms with Gasteiger partial charge in [-0.25, -0.2) is 8.78 Å². The van der Waals surface area contributed by atoms with Gasteiger partial charge >= 0.3 is 42.2 Å². The van der Waals surface area contributed by atoms with Gasteiger partial charge < -0.3 is 0 Å². The Labute approximate surface area is 162 Å². The number of unbranched alkanes of at least 4 members (excludes halogenated alkanes) is 2. The highest BCUT2D eigenvalue weighted by Gasteiger charge is 2.87. The number of alkyl halides is 17. The first-order chi connectivity index (χ1) is 13.3. The summed E-state index contributed by atoms with van der Waals surface area (Å²) in [6, 6.07) is 0. The van der Waals surface area contributed by atoms with Crippen molar-refractivity contribution >= 4 is 0 Å². The average molecular weight is 502 g/mol. The highest BCUT2D eigenvalue weighted by Crippen LogP contribution is 2.63. The van der Waals surface area contributed by atoms with Gasteiger partial charge in [0.1, 0.15) is 0 Å². The standard InChI is InChI=1S/C14H11F17/c1-2-3-4-5-6(10(17,18)19)7(8(15,11(20,21)22)12(23,24)25)9(16,13(26,27)28)14(29,30)31/h2-5H2,1H3. The Bertz CT molecular complexity index is 568. The van der Waals surface area contributed by atoms with E-state index in [1.165, 1.54) is 6.92 Å². The number of hydrogen-bond donors (Lipinski definition) is 0. The predicted molar refractivity (Wildman–Crippen MR) is 69.1 cm³/mol. The third kappa shape index (κ3) is 5.31. The number of halogens is 17. The molecular weight excluding hydrogens is 491 g/mol. The van der Waals surface area contributed by atoms with E-state index in [0.717, 1.165) is 0 Å². The minimum absolute atomic E-state index is 0.168. The summed E-state index contributed by atoms with van der Waals surface area (Å²) in [5.41, 5.74) is -25.1. The third-order valence-electron chi connectivity index (χ3n) is 3.93. The Morgan fingerprint density at radius 3 is 0.968 bits per heavy atom. The fourth-order valence-electron chi connectivity index (χ4n) is 2.50. The van der Waals surface area contributed by atoms with Crippen molar-refractivity contribution in [3.05, 3.63) is 11.1 Å². The highest BCUT2D eigenvalue weighted by atomic mass is 19.4. The molecule has 0 rings (SSSR count). The summed E-state index contributed by atoms with van der Waals surface area (Å²) in [6.07, 6.45) is -42.7. The van der Waals surface area contributed by atoms with Crippen LogP contribution in [0.25, 0.3) is 0 Å². The summed E-state index contributed by atoms with van der Waals surface area (Å²) in [7, 11) is 0. The first-order valence-corrected chi connectivity index (χ1v) is 7.77. The zero-order valence-corrected chi connectivity index (χ0v) is 14.8. The normalized spacial score (nSPS) is 15.3. The summed E-state index contributed by atoms with van der Waals surface area (Å²) in [5.74, 6) is 0. The van der Waals surface area contributed by atoms with Crippen molar-refractivity contribution in [2.45, 2.75) is 74.8 Å². The molecule has 0 heterocycles. The molecule has 31 heavy (non-hydrogen) atoms. The van der Waals surface area contributed by atoms with Gasteiger partial charge in [-0.15, -0.1) is 0 Å². The zero-order valence-electron chi connectivity index (χ0n) is 14.8. The molecule has 0 unspecified atom stereocenters. The molecule has 0 nitrogen and oxygen atoms in total. The smallest absolute Gasteiger partial charge is 0.218 e. The SMILES string of the molecule is CCCCCC(=C(C(F)(C(F)(F)F)C(F)(F)F)C(F)(C(F)(F)F)C(F)(F)F)C(F)(F)F. The van der Waals surface area contributed by atoms with Crippen LogP contribution in [-0.4, -0.2) is 42.2 Å². The second-order valence-electron chi connectivity index (χ2n) is 6.12. The Morgan fingerprint density at radius 1 is 0.484 bits per heavy atom. The molecule has 0 saturated carbocycles. The topological polar surface area (TPSA) is 0 Å². The van der Waals surface area contributed by atoms with Gasteiger partial charge in [0.2, 0.25) is 0 Å². The molecule has 0 aromatic rings. The average Bonchev–Trinajstić information content (AvgIpc) is 2.47. The Hall–Kier alpha value is -1.45. The maximum Gasteiger partial charge on any atom is 0.435 e. The van der Waals surface area contributed by atoms with E-state index in [4.69, 9.17) is 0 Å². The van der Waals surface area contributed by atoms with Gasteiger partial charge in [-0.3, -0.25) is 0 Å². The van der Waals surface area contributed by atoms with E-state index >= 15 is 0 Å². The molecule has 0 fully saturated rings. The first kappa shape index (κ1) is 29.5. The molecule has 186 valence electrons. The van der Waals surface area contributed by atoms with E-state index in [-0.39, 0.29) is 6.42 Å². The molecule has 0 aliphatic heterocycles. The molecule has 0 atom stereocenters. The second-order valence-corrected chi connectivity index (χ2v) is 6.12. The van der Waals surface area contributed by atoms with Crippen molar-refractivity contribution in [3.8, 4) is 0 Å². The third-order valence-corrected chi connectivity index (χ3v) is 3.93. The fourth-order valence-corrected chi connectivity index (χ4v) is 2.50. The molecule has 0 spiro atoms. The summed E-state index contributed by atoms with van der Waals surface area (Å²) < 4.78 is 223. The van der Waals surface area contributed by atoms with E-state index in [0.29, 0.717) is 0 Å². The van der Waals surface area contributed by atoms with Crippen molar-refractivity contribution in [2.75, 3.05) is 0 Å². The Kier molecular flexibility index (Phi) is 8.08. The largest absolute Gasteiger partial charge is 0.435 e. The number of rotatable bonds is 6. The van der Waals surface area contributed by atoms with Crippen molar-refractivity contribution in [2.24, 2.45) is 0 Å². The van der Waals surface area contributed by atoms with Crippen molar-refractivity contribution < 1.29 is 74.6 Å². The lowest BCUT2D eigenvalue weighted by Gasteiger charge is -2.41. The van der Waals surface area contributed by atoms with Gasteiger partial charge in [-0.2, -0.15) is 65.9 Å². The van der Waals surface area contributed by atoms with Gasteiger partial charge in [0, 0.05) is 11.1 Å². The second kappa shape index (κ2) is 8.48. The van der Waals surface area contributed by atoms with Crippen LogP contribution in [0, 0.1) is 0 Å². The minimum atomic E-state index is -7.99. The van der Waals surface area contributed by atoms with Crippen molar-refractivity contribution in [1.29, 1.82) is 0 Å². The summed E-state index contributed by atoms with van der Waals surface area (Å²) in [6.45, 7) is 1.17. The van der Waals surface area contributed by atoms with E-state index in [1.807, 2.05) is 0 Å². The lowest BCUT2D eigenvalue weighted by molar-refractivity contribution is -0.365. The Balaban J connectivity index is 8.02. The quantitative estimate of drug-likeness (QED) is 0.196. The Morgan fingerprint density at radius 2 is 0.774 bits per heavy atom. The lowest BCUT2D eigenvalue weighted by Crippen LogP contribution is -2.66. The van der Waals surface area contributed by atoms with E-state index in [9.17, 15) is 74.6 Å². The van der Waals surface area contributed by atoms with Gasteiger partial charge in [0.05, 0.1) is 0 Å². The van der Waals surface area contributed by atoms with Gasteiger partial charge in [0.25, 0.3) is 0 Å².